The molecule has 4 N–H and O–H groups in total. The van der Waals surface area contributed by atoms with Gasteiger partial charge in [0.15, 0.2) is 0 Å². The summed E-state index contributed by atoms with van der Waals surface area (Å²) in [5, 5.41) is 37.3. The zero-order chi connectivity index (χ0) is 19.7. The molecule has 1 fully saturated rings. The maximum atomic E-state index is 11.7. The van der Waals surface area contributed by atoms with Gasteiger partial charge in [-0.1, -0.05) is 38.5 Å². The smallest absolute Gasteiger partial charge is 0.307 e. The number of carbonyl (C=O) groups is 4. The summed E-state index contributed by atoms with van der Waals surface area (Å²) in [6, 6.07) is 0. The van der Waals surface area contributed by atoms with E-state index < -0.39 is 60.4 Å². The molecule has 1 aliphatic carbocycles. The Hall–Kier alpha value is -2.12. The van der Waals surface area contributed by atoms with Crippen molar-refractivity contribution in [3.05, 3.63) is 0 Å². The van der Waals surface area contributed by atoms with Gasteiger partial charge >= 0.3 is 23.9 Å². The Bertz CT molecular complexity index is 469. The highest BCUT2D eigenvalue weighted by Gasteiger charge is 2.42. The van der Waals surface area contributed by atoms with E-state index in [1.165, 1.54) is 0 Å². The second kappa shape index (κ2) is 10.8. The van der Waals surface area contributed by atoms with Crippen molar-refractivity contribution < 1.29 is 39.6 Å². The summed E-state index contributed by atoms with van der Waals surface area (Å²) in [4.78, 5) is 45.7. The molecular formula is C18H28O8. The number of rotatable bonds is 8. The van der Waals surface area contributed by atoms with Gasteiger partial charge in [-0.2, -0.15) is 0 Å². The molecular weight excluding hydrogens is 344 g/mol. The fourth-order valence-electron chi connectivity index (χ4n) is 4.11. The lowest BCUT2D eigenvalue weighted by Crippen LogP contribution is -2.38. The summed E-state index contributed by atoms with van der Waals surface area (Å²) < 4.78 is 0. The Morgan fingerprint density at radius 1 is 0.615 bits per heavy atom. The Labute approximate surface area is 152 Å². The molecule has 0 aromatic carbocycles. The van der Waals surface area contributed by atoms with Crippen LogP contribution < -0.4 is 0 Å². The van der Waals surface area contributed by atoms with Gasteiger partial charge in [0.05, 0.1) is 24.7 Å². The van der Waals surface area contributed by atoms with E-state index in [-0.39, 0.29) is 0 Å². The minimum Gasteiger partial charge on any atom is -0.481 e. The molecule has 0 aliphatic heterocycles. The zero-order valence-electron chi connectivity index (χ0n) is 14.8. The summed E-state index contributed by atoms with van der Waals surface area (Å²) in [6.45, 7) is 0. The molecule has 0 radical (unpaired) electrons. The third-order valence-corrected chi connectivity index (χ3v) is 5.33. The van der Waals surface area contributed by atoms with E-state index in [0.717, 1.165) is 25.7 Å². The van der Waals surface area contributed by atoms with Crippen molar-refractivity contribution in [1.29, 1.82) is 0 Å². The molecule has 0 aromatic heterocycles. The van der Waals surface area contributed by atoms with Crippen LogP contribution in [0.5, 0.6) is 0 Å². The van der Waals surface area contributed by atoms with Crippen molar-refractivity contribution in [2.45, 2.75) is 64.2 Å². The molecule has 1 saturated carbocycles. The van der Waals surface area contributed by atoms with Gasteiger partial charge in [-0.3, -0.25) is 19.2 Å². The number of carboxylic acid groups (broad SMARTS) is 4. The summed E-state index contributed by atoms with van der Waals surface area (Å²) in [6.07, 6.45) is 4.76. The Morgan fingerprint density at radius 3 is 1.19 bits per heavy atom. The molecule has 26 heavy (non-hydrogen) atoms. The zero-order valence-corrected chi connectivity index (χ0v) is 14.8. The maximum absolute atomic E-state index is 11.7. The van der Waals surface area contributed by atoms with Crippen molar-refractivity contribution >= 4 is 23.9 Å². The molecule has 4 unspecified atom stereocenters. The van der Waals surface area contributed by atoms with Crippen LogP contribution in [0.25, 0.3) is 0 Å². The second-order valence-electron chi connectivity index (χ2n) is 7.11. The standard InChI is InChI=1S/C18H28O8/c19-15(20)9-13(17(23)24)11-7-5-3-1-2-4-6-8-12(11)14(18(25)26)10-16(21)22/h11-14H,1-10H2,(H,19,20)(H,21,22)(H,23,24)(H,25,26). The molecule has 0 amide bonds. The quantitative estimate of drug-likeness (QED) is 0.508. The van der Waals surface area contributed by atoms with E-state index >= 15 is 0 Å². The molecule has 1 rings (SSSR count). The molecule has 1 aliphatic rings. The first-order valence-corrected chi connectivity index (χ1v) is 9.13. The van der Waals surface area contributed by atoms with Crippen LogP contribution in [0, 0.1) is 23.7 Å². The topological polar surface area (TPSA) is 149 Å². The largest absolute Gasteiger partial charge is 0.481 e. The number of hydrogen-bond acceptors (Lipinski definition) is 4. The van der Waals surface area contributed by atoms with E-state index in [4.69, 9.17) is 10.2 Å². The average Bonchev–Trinajstić information content (AvgIpc) is 2.54. The van der Waals surface area contributed by atoms with Gasteiger partial charge in [-0.05, 0) is 24.7 Å². The lowest BCUT2D eigenvalue weighted by Gasteiger charge is -2.35. The molecule has 0 aromatic rings. The highest BCUT2D eigenvalue weighted by atomic mass is 16.4. The van der Waals surface area contributed by atoms with Crippen LogP contribution in [0.4, 0.5) is 0 Å². The monoisotopic (exact) mass is 372 g/mol. The Kier molecular flexibility index (Phi) is 9.09. The van der Waals surface area contributed by atoms with Crippen molar-refractivity contribution in [1.82, 2.24) is 0 Å². The van der Waals surface area contributed by atoms with Crippen LogP contribution >= 0.6 is 0 Å². The molecule has 0 heterocycles. The first-order valence-electron chi connectivity index (χ1n) is 9.13. The van der Waals surface area contributed by atoms with Gasteiger partial charge in [0.25, 0.3) is 0 Å². The minimum atomic E-state index is -1.26. The minimum absolute atomic E-state index is 0.401. The van der Waals surface area contributed by atoms with Crippen LogP contribution in [-0.4, -0.2) is 44.3 Å². The fraction of sp³-hybridized carbons (Fsp3) is 0.778. The van der Waals surface area contributed by atoms with E-state index in [1.807, 2.05) is 0 Å². The number of carboxylic acids is 4. The molecule has 0 bridgehead atoms. The number of aliphatic carboxylic acids is 4. The van der Waals surface area contributed by atoms with Crippen molar-refractivity contribution in [2.75, 3.05) is 0 Å². The predicted octanol–water partition coefficient (Wildman–Crippen LogP) is 2.70. The first kappa shape index (κ1) is 21.9. The van der Waals surface area contributed by atoms with Gasteiger partial charge in [0, 0.05) is 0 Å². The Balaban J connectivity index is 3.23. The van der Waals surface area contributed by atoms with Gasteiger partial charge in [-0.15, -0.1) is 0 Å². The van der Waals surface area contributed by atoms with Crippen molar-refractivity contribution in [3.63, 3.8) is 0 Å². The third-order valence-electron chi connectivity index (χ3n) is 5.33. The third kappa shape index (κ3) is 7.01. The van der Waals surface area contributed by atoms with Crippen molar-refractivity contribution in [2.24, 2.45) is 23.7 Å². The van der Waals surface area contributed by atoms with Gasteiger partial charge in [-0.25, -0.2) is 0 Å². The van der Waals surface area contributed by atoms with Crippen LogP contribution in [0.15, 0.2) is 0 Å². The molecule has 148 valence electrons. The molecule has 4 atom stereocenters. The van der Waals surface area contributed by atoms with Gasteiger partial charge in [0.2, 0.25) is 0 Å². The summed E-state index contributed by atoms with van der Waals surface area (Å²) in [5.74, 6) is -8.79. The van der Waals surface area contributed by atoms with E-state index in [9.17, 15) is 29.4 Å². The summed E-state index contributed by atoms with van der Waals surface area (Å²) in [5.41, 5.74) is 0. The van der Waals surface area contributed by atoms with Gasteiger partial charge in [0.1, 0.15) is 0 Å². The highest BCUT2D eigenvalue weighted by molar-refractivity contribution is 5.79. The lowest BCUT2D eigenvalue weighted by molar-refractivity contribution is -0.156. The molecule has 8 heteroatoms. The predicted molar refractivity (Wildman–Crippen MR) is 90.7 cm³/mol. The van der Waals surface area contributed by atoms with Crippen LogP contribution in [0.3, 0.4) is 0 Å². The van der Waals surface area contributed by atoms with E-state index in [0.29, 0.717) is 25.7 Å². The first-order chi connectivity index (χ1) is 12.2. The Morgan fingerprint density at radius 2 is 0.923 bits per heavy atom. The normalized spacial score (nSPS) is 24.2. The lowest BCUT2D eigenvalue weighted by atomic mass is 9.68. The van der Waals surface area contributed by atoms with Crippen LogP contribution in [-0.2, 0) is 19.2 Å². The van der Waals surface area contributed by atoms with E-state index in [1.54, 1.807) is 0 Å². The van der Waals surface area contributed by atoms with E-state index in [2.05, 4.69) is 0 Å². The fourth-order valence-corrected chi connectivity index (χ4v) is 4.11. The summed E-state index contributed by atoms with van der Waals surface area (Å²) in [7, 11) is 0. The second-order valence-corrected chi connectivity index (χ2v) is 7.11. The molecule has 0 spiro atoms. The van der Waals surface area contributed by atoms with Crippen LogP contribution in [0.1, 0.15) is 64.2 Å². The number of hydrogen-bond donors (Lipinski definition) is 4. The van der Waals surface area contributed by atoms with Gasteiger partial charge < -0.3 is 20.4 Å². The molecule has 8 nitrogen and oxygen atoms in total. The van der Waals surface area contributed by atoms with Crippen LogP contribution in [0.2, 0.25) is 0 Å². The van der Waals surface area contributed by atoms with Crippen molar-refractivity contribution in [3.8, 4) is 0 Å². The highest BCUT2D eigenvalue weighted by Crippen LogP contribution is 2.39. The molecule has 0 saturated heterocycles. The summed E-state index contributed by atoms with van der Waals surface area (Å²) >= 11 is 0. The maximum Gasteiger partial charge on any atom is 0.307 e. The SMILES string of the molecule is O=C(O)CC(C(=O)O)C1CCCCCCCCC1C(CC(=O)O)C(=O)O. The average molecular weight is 372 g/mol.